The molecule has 26 heavy (non-hydrogen) atoms. The smallest absolute Gasteiger partial charge is 0.250 e. The lowest BCUT2D eigenvalue weighted by Crippen LogP contribution is -2.08. The van der Waals surface area contributed by atoms with Crippen molar-refractivity contribution in [2.45, 2.75) is 6.42 Å². The Hall–Kier alpha value is -3.13. The number of aliphatic imine (C=N–C) groups is 1. The predicted octanol–water partition coefficient (Wildman–Crippen LogP) is 3.71. The average molecular weight is 376 g/mol. The Labute approximate surface area is 152 Å². The summed E-state index contributed by atoms with van der Waals surface area (Å²) in [4.78, 5) is 11.4. The minimum absolute atomic E-state index is 0.0592. The van der Waals surface area contributed by atoms with Crippen molar-refractivity contribution in [1.29, 1.82) is 0 Å². The zero-order chi connectivity index (χ0) is 18.5. The number of hydrogen-bond donors (Lipinski definition) is 1. The molecule has 2 heterocycles. The van der Waals surface area contributed by atoms with Crippen LogP contribution >= 0.6 is 11.6 Å². The van der Waals surface area contributed by atoms with E-state index in [4.69, 9.17) is 21.9 Å². The van der Waals surface area contributed by atoms with Gasteiger partial charge in [0.25, 0.3) is 5.95 Å². The Morgan fingerprint density at radius 2 is 2.04 bits per heavy atom. The van der Waals surface area contributed by atoms with E-state index >= 15 is 0 Å². The molecule has 0 fully saturated rings. The lowest BCUT2D eigenvalue weighted by Gasteiger charge is -2.07. The molecule has 0 aliphatic carbocycles. The maximum Gasteiger partial charge on any atom is 0.250 e. The number of benzene rings is 1. The van der Waals surface area contributed by atoms with Crippen LogP contribution in [0.2, 0.25) is 5.15 Å². The van der Waals surface area contributed by atoms with Gasteiger partial charge in [0.1, 0.15) is 17.8 Å². The van der Waals surface area contributed by atoms with Crippen LogP contribution in [0, 0.1) is 11.6 Å². The molecular formula is C17H12ClF2N5O. The van der Waals surface area contributed by atoms with E-state index in [-0.39, 0.29) is 23.3 Å². The molecule has 0 spiro atoms. The molecular weight excluding hydrogens is 364 g/mol. The van der Waals surface area contributed by atoms with Gasteiger partial charge in [-0.3, -0.25) is 0 Å². The molecule has 0 atom stereocenters. The molecule has 0 bridgehead atoms. The minimum Gasteiger partial charge on any atom is -0.401 e. The van der Waals surface area contributed by atoms with Crippen molar-refractivity contribution in [2.24, 2.45) is 10.7 Å². The van der Waals surface area contributed by atoms with Crippen molar-refractivity contribution >= 4 is 29.3 Å². The van der Waals surface area contributed by atoms with Crippen molar-refractivity contribution in [3.05, 3.63) is 76.5 Å². The van der Waals surface area contributed by atoms with Crippen molar-refractivity contribution in [3.63, 3.8) is 0 Å². The Balaban J connectivity index is 1.96. The first-order chi connectivity index (χ1) is 12.5. The summed E-state index contributed by atoms with van der Waals surface area (Å²) in [5.41, 5.74) is 7.66. The summed E-state index contributed by atoms with van der Waals surface area (Å²) in [6.07, 6.45) is 3.75. The Kier molecular flexibility index (Phi) is 5.33. The quantitative estimate of drug-likeness (QED) is 0.542. The summed E-state index contributed by atoms with van der Waals surface area (Å²) < 4.78 is 31.8. The maximum absolute atomic E-state index is 13.9. The number of rotatable bonds is 5. The summed E-state index contributed by atoms with van der Waals surface area (Å²) in [5, 5.41) is 3.47. The SMILES string of the molecule is NC(Cc1ccccc1F)=C(C=Nc1ncc(F)c(Cl)n1)c1ccon1. The molecule has 9 heteroatoms. The monoisotopic (exact) mass is 375 g/mol. The molecule has 3 aromatic rings. The molecule has 0 radical (unpaired) electrons. The highest BCUT2D eigenvalue weighted by Gasteiger charge is 2.11. The standard InChI is InChI=1S/C17H12ClF2N5O/c18-16-13(20)9-23-17(24-16)22-8-11(15-5-6-26-25-15)14(21)7-10-3-1-2-4-12(10)19/h1-6,8-9H,7,21H2. The molecule has 2 N–H and O–H groups in total. The van der Waals surface area contributed by atoms with Gasteiger partial charge in [-0.1, -0.05) is 35.0 Å². The van der Waals surface area contributed by atoms with Gasteiger partial charge in [0, 0.05) is 30.0 Å². The predicted molar refractivity (Wildman–Crippen MR) is 92.9 cm³/mol. The summed E-state index contributed by atoms with van der Waals surface area (Å²) in [6, 6.07) is 7.86. The third kappa shape index (κ3) is 4.09. The first-order valence-corrected chi connectivity index (χ1v) is 7.77. The van der Waals surface area contributed by atoms with Crippen molar-refractivity contribution in [2.75, 3.05) is 0 Å². The molecule has 3 rings (SSSR count). The highest BCUT2D eigenvalue weighted by molar-refractivity contribution is 6.29. The van der Waals surface area contributed by atoms with E-state index in [1.807, 2.05) is 0 Å². The van der Waals surface area contributed by atoms with Gasteiger partial charge in [0.15, 0.2) is 11.0 Å². The molecule has 0 saturated carbocycles. The van der Waals surface area contributed by atoms with E-state index in [2.05, 4.69) is 20.1 Å². The van der Waals surface area contributed by atoms with Crippen LogP contribution < -0.4 is 5.73 Å². The van der Waals surface area contributed by atoms with Crippen molar-refractivity contribution in [3.8, 4) is 0 Å². The third-order valence-corrected chi connectivity index (χ3v) is 3.66. The molecule has 2 aromatic heterocycles. The summed E-state index contributed by atoms with van der Waals surface area (Å²) >= 11 is 5.61. The number of halogens is 3. The Morgan fingerprint density at radius 3 is 2.73 bits per heavy atom. The van der Waals surface area contributed by atoms with E-state index in [1.54, 1.807) is 24.3 Å². The lowest BCUT2D eigenvalue weighted by molar-refractivity contribution is 0.418. The van der Waals surface area contributed by atoms with E-state index in [1.165, 1.54) is 18.5 Å². The van der Waals surface area contributed by atoms with Crippen LogP contribution in [0.5, 0.6) is 0 Å². The van der Waals surface area contributed by atoms with Gasteiger partial charge in [-0.05, 0) is 11.6 Å². The number of nitrogens with zero attached hydrogens (tertiary/aromatic N) is 4. The first-order valence-electron chi connectivity index (χ1n) is 7.39. The second kappa shape index (κ2) is 7.83. The average Bonchev–Trinajstić information content (AvgIpc) is 3.14. The van der Waals surface area contributed by atoms with Crippen molar-refractivity contribution < 1.29 is 13.3 Å². The fraction of sp³-hybridized carbons (Fsp3) is 0.0588. The second-order valence-electron chi connectivity index (χ2n) is 5.16. The van der Waals surface area contributed by atoms with Crippen LogP contribution in [0.4, 0.5) is 14.7 Å². The fourth-order valence-corrected chi connectivity index (χ4v) is 2.25. The zero-order valence-corrected chi connectivity index (χ0v) is 14.0. The molecule has 0 aliphatic rings. The topological polar surface area (TPSA) is 90.2 Å². The summed E-state index contributed by atoms with van der Waals surface area (Å²) in [5.74, 6) is -1.19. The summed E-state index contributed by atoms with van der Waals surface area (Å²) in [6.45, 7) is 0. The number of hydrogen-bond acceptors (Lipinski definition) is 6. The van der Waals surface area contributed by atoms with Gasteiger partial charge in [-0.2, -0.15) is 4.98 Å². The zero-order valence-electron chi connectivity index (χ0n) is 13.2. The number of aromatic nitrogens is 3. The minimum atomic E-state index is -0.753. The lowest BCUT2D eigenvalue weighted by atomic mass is 10.0. The van der Waals surface area contributed by atoms with E-state index in [0.29, 0.717) is 22.5 Å². The molecule has 1 aromatic carbocycles. The van der Waals surface area contributed by atoms with Gasteiger partial charge in [-0.25, -0.2) is 18.8 Å². The van der Waals surface area contributed by atoms with Crippen LogP contribution in [0.25, 0.3) is 5.57 Å². The maximum atomic E-state index is 13.9. The van der Waals surface area contributed by atoms with Crippen LogP contribution in [-0.2, 0) is 6.42 Å². The highest BCUT2D eigenvalue weighted by atomic mass is 35.5. The van der Waals surface area contributed by atoms with Crippen LogP contribution in [0.15, 0.2) is 58.0 Å². The van der Waals surface area contributed by atoms with Gasteiger partial charge in [0.2, 0.25) is 0 Å². The largest absolute Gasteiger partial charge is 0.401 e. The van der Waals surface area contributed by atoms with E-state index in [9.17, 15) is 8.78 Å². The van der Waals surface area contributed by atoms with Crippen molar-refractivity contribution in [1.82, 2.24) is 15.1 Å². The Bertz CT molecular complexity index is 973. The first kappa shape index (κ1) is 17.7. The van der Waals surface area contributed by atoms with Crippen LogP contribution in [0.3, 0.4) is 0 Å². The number of nitrogens with two attached hydrogens (primary N) is 1. The molecule has 0 aliphatic heterocycles. The Morgan fingerprint density at radius 1 is 1.23 bits per heavy atom. The molecule has 0 amide bonds. The normalized spacial score (nSPS) is 12.4. The van der Waals surface area contributed by atoms with Gasteiger partial charge in [0.05, 0.1) is 6.20 Å². The molecule has 6 nitrogen and oxygen atoms in total. The van der Waals surface area contributed by atoms with Gasteiger partial charge in [-0.15, -0.1) is 0 Å². The van der Waals surface area contributed by atoms with E-state index < -0.39 is 5.82 Å². The van der Waals surface area contributed by atoms with Crippen LogP contribution in [-0.4, -0.2) is 21.3 Å². The van der Waals surface area contributed by atoms with Gasteiger partial charge < -0.3 is 10.3 Å². The second-order valence-corrected chi connectivity index (χ2v) is 5.52. The number of allylic oxidation sites excluding steroid dienone is 2. The molecule has 132 valence electrons. The highest BCUT2D eigenvalue weighted by Crippen LogP contribution is 2.19. The third-order valence-electron chi connectivity index (χ3n) is 3.40. The van der Waals surface area contributed by atoms with Gasteiger partial charge >= 0.3 is 0 Å². The molecule has 0 unspecified atom stereocenters. The van der Waals surface area contributed by atoms with E-state index in [0.717, 1.165) is 6.20 Å². The summed E-state index contributed by atoms with van der Waals surface area (Å²) in [7, 11) is 0. The fourth-order valence-electron chi connectivity index (χ4n) is 2.13. The molecule has 0 saturated heterocycles. The van der Waals surface area contributed by atoms with Crippen LogP contribution in [0.1, 0.15) is 11.3 Å².